The van der Waals surface area contributed by atoms with Crippen LogP contribution in [0, 0.1) is 0 Å². The van der Waals surface area contributed by atoms with Gasteiger partial charge in [0.2, 0.25) is 5.91 Å². The van der Waals surface area contributed by atoms with Crippen LogP contribution in [0.4, 0.5) is 4.79 Å². The lowest BCUT2D eigenvalue weighted by Crippen LogP contribution is -2.51. The fourth-order valence-electron chi connectivity index (χ4n) is 3.99. The lowest BCUT2D eigenvalue weighted by Gasteiger charge is -2.34. The highest BCUT2D eigenvalue weighted by molar-refractivity contribution is 6.03. The molecule has 2 heterocycles. The largest absolute Gasteiger partial charge is 0.492 e. The Kier molecular flexibility index (Phi) is 9.43. The summed E-state index contributed by atoms with van der Waals surface area (Å²) >= 11 is 0. The maximum Gasteiger partial charge on any atom is 0.409 e. The van der Waals surface area contributed by atoms with Gasteiger partial charge >= 0.3 is 12.1 Å². The van der Waals surface area contributed by atoms with Crippen molar-refractivity contribution in [1.29, 1.82) is 0 Å². The van der Waals surface area contributed by atoms with Gasteiger partial charge in [-0.3, -0.25) is 19.4 Å². The molecule has 1 aliphatic rings. The molecular weight excluding hydrogens is 468 g/mol. The molecule has 11 nitrogen and oxygen atoms in total. The number of piperazine rings is 1. The Labute approximate surface area is 209 Å². The van der Waals surface area contributed by atoms with Crippen molar-refractivity contribution in [3.8, 4) is 5.75 Å². The Hall–Kier alpha value is -3.89. The van der Waals surface area contributed by atoms with E-state index in [1.54, 1.807) is 47.9 Å². The van der Waals surface area contributed by atoms with Crippen LogP contribution in [0.5, 0.6) is 5.75 Å². The SMILES string of the molecule is CCOC(=O)CCCOc1c(C(N)=O)c(CC(=O)N2CCN(C(=O)OCC)CC2)nc2ccccc12. The third kappa shape index (κ3) is 6.61. The number of primary amides is 1. The zero-order valence-electron chi connectivity index (χ0n) is 20.7. The number of ether oxygens (including phenoxy) is 3. The molecule has 2 N–H and O–H groups in total. The predicted molar refractivity (Wildman–Crippen MR) is 131 cm³/mol. The molecule has 1 fully saturated rings. The summed E-state index contributed by atoms with van der Waals surface area (Å²) in [4.78, 5) is 56.9. The molecule has 0 bridgehead atoms. The first-order valence-corrected chi connectivity index (χ1v) is 12.0. The van der Waals surface area contributed by atoms with E-state index in [0.717, 1.165) is 0 Å². The molecule has 194 valence electrons. The smallest absolute Gasteiger partial charge is 0.409 e. The van der Waals surface area contributed by atoms with E-state index in [4.69, 9.17) is 19.9 Å². The van der Waals surface area contributed by atoms with Gasteiger partial charge in [0.05, 0.1) is 37.5 Å². The standard InChI is InChI=1S/C25H32N4O7/c1-3-34-21(31)10-7-15-36-23-17-8-5-6-9-18(17)27-19(22(23)24(26)32)16-20(30)28-11-13-29(14-12-28)25(33)35-4-2/h5-6,8-9H,3-4,7,10-16H2,1-2H3,(H2,26,32). The minimum absolute atomic E-state index is 0.0448. The van der Waals surface area contributed by atoms with Crippen molar-refractivity contribution in [3.05, 3.63) is 35.5 Å². The van der Waals surface area contributed by atoms with E-state index in [2.05, 4.69) is 4.98 Å². The number of rotatable bonds is 10. The zero-order chi connectivity index (χ0) is 26.1. The summed E-state index contributed by atoms with van der Waals surface area (Å²) in [5, 5.41) is 0.585. The van der Waals surface area contributed by atoms with Crippen LogP contribution < -0.4 is 10.5 Å². The van der Waals surface area contributed by atoms with E-state index in [1.165, 1.54) is 0 Å². The van der Waals surface area contributed by atoms with E-state index in [9.17, 15) is 19.2 Å². The molecule has 2 aromatic rings. The van der Waals surface area contributed by atoms with E-state index in [-0.39, 0.29) is 54.9 Å². The summed E-state index contributed by atoms with van der Waals surface area (Å²) < 4.78 is 15.9. The van der Waals surface area contributed by atoms with Crippen LogP contribution >= 0.6 is 0 Å². The summed E-state index contributed by atoms with van der Waals surface area (Å²) in [5.74, 6) is -1.09. The van der Waals surface area contributed by atoms with E-state index in [0.29, 0.717) is 50.1 Å². The second-order valence-electron chi connectivity index (χ2n) is 8.14. The van der Waals surface area contributed by atoms with Gasteiger partial charge in [-0.2, -0.15) is 0 Å². The van der Waals surface area contributed by atoms with E-state index < -0.39 is 12.0 Å². The Balaban J connectivity index is 1.78. The van der Waals surface area contributed by atoms with Crippen molar-refractivity contribution in [2.45, 2.75) is 33.1 Å². The predicted octanol–water partition coefficient (Wildman–Crippen LogP) is 1.90. The average molecular weight is 501 g/mol. The average Bonchev–Trinajstić information content (AvgIpc) is 2.86. The van der Waals surface area contributed by atoms with Gasteiger partial charge in [-0.1, -0.05) is 12.1 Å². The molecule has 1 aliphatic heterocycles. The van der Waals surface area contributed by atoms with Crippen molar-refractivity contribution < 1.29 is 33.4 Å². The molecule has 0 atom stereocenters. The molecule has 3 amide bonds. The number of carbonyl (C=O) groups is 4. The quantitative estimate of drug-likeness (QED) is 0.385. The summed E-state index contributed by atoms with van der Waals surface area (Å²) in [6.07, 6.45) is 0.00171. The fraction of sp³-hybridized carbons (Fsp3) is 0.480. The number of esters is 1. The van der Waals surface area contributed by atoms with Gasteiger partial charge in [0.1, 0.15) is 11.3 Å². The molecular formula is C25H32N4O7. The third-order valence-electron chi connectivity index (χ3n) is 5.72. The van der Waals surface area contributed by atoms with Gasteiger partial charge in [0.15, 0.2) is 0 Å². The highest BCUT2D eigenvalue weighted by atomic mass is 16.6. The maximum absolute atomic E-state index is 13.1. The van der Waals surface area contributed by atoms with Crippen LogP contribution in [0.1, 0.15) is 42.7 Å². The van der Waals surface area contributed by atoms with Crippen LogP contribution in [0.3, 0.4) is 0 Å². The fourth-order valence-corrected chi connectivity index (χ4v) is 3.99. The summed E-state index contributed by atoms with van der Waals surface area (Å²) in [7, 11) is 0. The van der Waals surface area contributed by atoms with E-state index >= 15 is 0 Å². The molecule has 0 unspecified atom stereocenters. The van der Waals surface area contributed by atoms with Gasteiger partial charge < -0.3 is 29.7 Å². The summed E-state index contributed by atoms with van der Waals surface area (Å²) in [5.41, 5.74) is 6.54. The molecule has 0 radical (unpaired) electrons. The number of fused-ring (bicyclic) bond motifs is 1. The van der Waals surface area contributed by atoms with Gasteiger partial charge in [0, 0.05) is 38.0 Å². The Morgan fingerprint density at radius 1 is 0.972 bits per heavy atom. The number of aromatic nitrogens is 1. The number of benzene rings is 1. The van der Waals surface area contributed by atoms with E-state index in [1.807, 2.05) is 0 Å². The second kappa shape index (κ2) is 12.7. The van der Waals surface area contributed by atoms with Crippen LogP contribution in [0.25, 0.3) is 10.9 Å². The van der Waals surface area contributed by atoms with Gasteiger partial charge in [0.25, 0.3) is 5.91 Å². The van der Waals surface area contributed by atoms with Gasteiger partial charge in [-0.25, -0.2) is 4.79 Å². The number of hydrogen-bond acceptors (Lipinski definition) is 8. The molecule has 36 heavy (non-hydrogen) atoms. The highest BCUT2D eigenvalue weighted by Crippen LogP contribution is 2.31. The van der Waals surface area contributed by atoms with Crippen LogP contribution in [-0.2, 0) is 25.5 Å². The monoisotopic (exact) mass is 500 g/mol. The summed E-state index contributed by atoms with van der Waals surface area (Å²) in [6, 6.07) is 7.10. The lowest BCUT2D eigenvalue weighted by atomic mass is 10.0. The zero-order valence-corrected chi connectivity index (χ0v) is 20.7. The first-order chi connectivity index (χ1) is 17.3. The van der Waals surface area contributed by atoms with Crippen molar-refractivity contribution in [3.63, 3.8) is 0 Å². The topological polar surface area (TPSA) is 141 Å². The normalized spacial score (nSPS) is 13.4. The molecule has 1 saturated heterocycles. The number of para-hydroxylation sites is 1. The molecule has 3 rings (SSSR count). The number of pyridine rings is 1. The Morgan fingerprint density at radius 2 is 1.64 bits per heavy atom. The van der Waals surface area contributed by atoms with Gasteiger partial charge in [-0.15, -0.1) is 0 Å². The molecule has 0 saturated carbocycles. The number of carbonyl (C=O) groups excluding carboxylic acids is 4. The molecule has 1 aromatic heterocycles. The number of amides is 3. The van der Waals surface area contributed by atoms with Crippen molar-refractivity contribution in [2.75, 3.05) is 46.0 Å². The second-order valence-corrected chi connectivity index (χ2v) is 8.14. The summed E-state index contributed by atoms with van der Waals surface area (Å²) in [6.45, 7) is 5.60. The van der Waals surface area contributed by atoms with Crippen LogP contribution in [0.2, 0.25) is 0 Å². The van der Waals surface area contributed by atoms with Crippen LogP contribution in [-0.4, -0.2) is 84.7 Å². The van der Waals surface area contributed by atoms with Crippen LogP contribution in [0.15, 0.2) is 24.3 Å². The first-order valence-electron chi connectivity index (χ1n) is 12.0. The third-order valence-corrected chi connectivity index (χ3v) is 5.72. The Bertz CT molecular complexity index is 1110. The number of nitrogens with zero attached hydrogens (tertiary/aromatic N) is 3. The number of hydrogen-bond donors (Lipinski definition) is 1. The molecule has 0 spiro atoms. The first kappa shape index (κ1) is 26.7. The number of nitrogens with two attached hydrogens (primary N) is 1. The van der Waals surface area contributed by atoms with Gasteiger partial charge in [-0.05, 0) is 32.4 Å². The minimum atomic E-state index is -0.761. The molecule has 11 heteroatoms. The molecule has 1 aromatic carbocycles. The Morgan fingerprint density at radius 3 is 2.31 bits per heavy atom. The van der Waals surface area contributed by atoms with Crippen molar-refractivity contribution in [2.24, 2.45) is 5.73 Å². The maximum atomic E-state index is 13.1. The van der Waals surface area contributed by atoms with Crippen molar-refractivity contribution in [1.82, 2.24) is 14.8 Å². The highest BCUT2D eigenvalue weighted by Gasteiger charge is 2.28. The molecule has 0 aliphatic carbocycles. The van der Waals surface area contributed by atoms with Crippen molar-refractivity contribution >= 4 is 34.8 Å². The lowest BCUT2D eigenvalue weighted by molar-refractivity contribution is -0.143. The minimum Gasteiger partial charge on any atom is -0.492 e.